The van der Waals surface area contributed by atoms with E-state index < -0.39 is 26.5 Å². The highest BCUT2D eigenvalue weighted by atomic mass is 31.2. The van der Waals surface area contributed by atoms with Crippen molar-refractivity contribution in [2.75, 3.05) is 47.5 Å². The van der Waals surface area contributed by atoms with Crippen molar-refractivity contribution in [1.29, 1.82) is 0 Å². The van der Waals surface area contributed by atoms with Crippen LogP contribution in [0.15, 0.2) is 219 Å². The monoisotopic (exact) mass is 1340 g/mol. The van der Waals surface area contributed by atoms with E-state index in [1.165, 1.54) is 57.8 Å². The van der Waals surface area contributed by atoms with Gasteiger partial charge in [-0.15, -0.1) is 0 Å². The van der Waals surface area contributed by atoms with Gasteiger partial charge in [-0.25, -0.2) is 4.57 Å². The van der Waals surface area contributed by atoms with E-state index in [1.807, 2.05) is 21.1 Å². The molecular weight excluding hydrogens is 1210 g/mol. The molecule has 0 radical (unpaired) electrons. The quantitative estimate of drug-likeness (QED) is 0.0211. The van der Waals surface area contributed by atoms with Gasteiger partial charge in [0.15, 0.2) is 6.10 Å². The molecule has 0 aliphatic rings. The molecule has 0 saturated carbocycles. The lowest BCUT2D eigenvalue weighted by Crippen LogP contribution is -2.37. The van der Waals surface area contributed by atoms with E-state index in [-0.39, 0.29) is 32.0 Å². The number of nitrogens with zero attached hydrogens (tertiary/aromatic N) is 1. The van der Waals surface area contributed by atoms with E-state index in [4.69, 9.17) is 18.5 Å². The number of ether oxygens (including phenoxy) is 2. The van der Waals surface area contributed by atoms with Crippen molar-refractivity contribution >= 4 is 19.8 Å². The number of likely N-dealkylation sites (N-methyl/N-ethyl adjacent to an activating group) is 1. The van der Waals surface area contributed by atoms with Crippen molar-refractivity contribution in [2.24, 2.45) is 0 Å². The average molecular weight is 1340 g/mol. The summed E-state index contributed by atoms with van der Waals surface area (Å²) in [5, 5.41) is 0. The molecule has 0 aromatic carbocycles. The number of hydrogen-bond acceptors (Lipinski definition) is 7. The maximum absolute atomic E-state index is 12.9. The molecule has 538 valence electrons. The van der Waals surface area contributed by atoms with Gasteiger partial charge in [0, 0.05) is 12.8 Å². The first-order valence-electron chi connectivity index (χ1n) is 37.5. The molecular formula is C86H137NO8P+. The van der Waals surface area contributed by atoms with Gasteiger partial charge in [-0.2, -0.15) is 0 Å². The number of allylic oxidation sites excluding steroid dienone is 36. The molecule has 0 aliphatic heterocycles. The molecule has 2 unspecified atom stereocenters. The summed E-state index contributed by atoms with van der Waals surface area (Å²) in [6, 6.07) is 0. The van der Waals surface area contributed by atoms with Crippen LogP contribution in [0.25, 0.3) is 0 Å². The summed E-state index contributed by atoms with van der Waals surface area (Å²) in [6.07, 6.45) is 118. The third-order valence-corrected chi connectivity index (χ3v) is 16.0. The van der Waals surface area contributed by atoms with Gasteiger partial charge in [0.25, 0.3) is 0 Å². The Labute approximate surface area is 588 Å². The Morgan fingerprint density at radius 1 is 0.323 bits per heavy atom. The van der Waals surface area contributed by atoms with Crippen LogP contribution >= 0.6 is 7.82 Å². The minimum Gasteiger partial charge on any atom is -0.462 e. The van der Waals surface area contributed by atoms with Gasteiger partial charge in [-0.1, -0.05) is 310 Å². The molecule has 9 nitrogen and oxygen atoms in total. The number of hydrogen-bond donors (Lipinski definition) is 1. The first-order valence-corrected chi connectivity index (χ1v) is 39.0. The second-order valence-corrected chi connectivity index (χ2v) is 26.7. The van der Waals surface area contributed by atoms with Crippen molar-refractivity contribution in [1.82, 2.24) is 0 Å². The van der Waals surface area contributed by atoms with Crippen LogP contribution in [0.1, 0.15) is 258 Å². The highest BCUT2D eigenvalue weighted by molar-refractivity contribution is 7.47. The van der Waals surface area contributed by atoms with Crippen LogP contribution in [0.2, 0.25) is 0 Å². The van der Waals surface area contributed by atoms with Crippen molar-refractivity contribution in [3.63, 3.8) is 0 Å². The predicted molar refractivity (Wildman–Crippen MR) is 417 cm³/mol. The van der Waals surface area contributed by atoms with Gasteiger partial charge in [-0.05, 0) is 154 Å². The van der Waals surface area contributed by atoms with Gasteiger partial charge < -0.3 is 18.9 Å². The maximum atomic E-state index is 12.9. The van der Waals surface area contributed by atoms with Gasteiger partial charge in [0.2, 0.25) is 0 Å². The van der Waals surface area contributed by atoms with E-state index in [1.54, 1.807) is 0 Å². The number of unbranched alkanes of at least 4 members (excludes halogenated alkanes) is 16. The average Bonchev–Trinajstić information content (AvgIpc) is 2.54. The maximum Gasteiger partial charge on any atom is 0.472 e. The number of esters is 2. The largest absolute Gasteiger partial charge is 0.472 e. The molecule has 0 aliphatic carbocycles. The van der Waals surface area contributed by atoms with Crippen LogP contribution in [-0.4, -0.2) is 74.9 Å². The Morgan fingerprint density at radius 3 is 0.833 bits per heavy atom. The van der Waals surface area contributed by atoms with Crippen LogP contribution in [0.3, 0.4) is 0 Å². The first-order chi connectivity index (χ1) is 47.0. The van der Waals surface area contributed by atoms with Gasteiger partial charge in [-0.3, -0.25) is 18.6 Å². The minimum atomic E-state index is -4.42. The zero-order chi connectivity index (χ0) is 69.7. The lowest BCUT2D eigenvalue weighted by molar-refractivity contribution is -0.870. The minimum absolute atomic E-state index is 0.0145. The SMILES string of the molecule is CC/C=C\C/C=C\C/C=C\C/C=C\C/C=C\C/C=C\C/C=C\C/C=C\C/C=C\C/C=C\C/C=C\C/C=C\CCCCCCC(=O)OC(COC(=O)CCCCCCCCCCCCCC/C=C\C/C=C\C/C=C\C/C=C\C/C=C\C/C=C\CC)COP(=O)(O)OCC[N+](C)(C)C. The second-order valence-electron chi connectivity index (χ2n) is 25.2. The summed E-state index contributed by atoms with van der Waals surface area (Å²) in [5.74, 6) is -0.843. The number of carbonyl (C=O) groups is 2. The highest BCUT2D eigenvalue weighted by Gasteiger charge is 2.27. The molecule has 2 atom stereocenters. The summed E-state index contributed by atoms with van der Waals surface area (Å²) < 4.78 is 34.7. The molecule has 1 N–H and O–H groups in total. The molecule has 0 fully saturated rings. The highest BCUT2D eigenvalue weighted by Crippen LogP contribution is 2.43. The normalized spacial score (nSPS) is 14.4. The molecule has 0 saturated heterocycles. The predicted octanol–water partition coefficient (Wildman–Crippen LogP) is 25.2. The zero-order valence-corrected chi connectivity index (χ0v) is 62.2. The van der Waals surface area contributed by atoms with E-state index in [0.29, 0.717) is 17.4 Å². The smallest absolute Gasteiger partial charge is 0.462 e. The Kier molecular flexibility index (Phi) is 69.2. The molecule has 96 heavy (non-hydrogen) atoms. The molecule has 0 bridgehead atoms. The molecule has 0 amide bonds. The Bertz CT molecular complexity index is 2430. The van der Waals surface area contributed by atoms with E-state index in [2.05, 4.69) is 233 Å². The van der Waals surface area contributed by atoms with Gasteiger partial charge >= 0.3 is 19.8 Å². The van der Waals surface area contributed by atoms with E-state index >= 15 is 0 Å². The number of carbonyl (C=O) groups excluding carboxylic acids is 2. The lowest BCUT2D eigenvalue weighted by Gasteiger charge is -2.24. The number of phosphoric ester groups is 1. The summed E-state index contributed by atoms with van der Waals surface area (Å²) in [4.78, 5) is 35.9. The van der Waals surface area contributed by atoms with Crippen LogP contribution in [0.4, 0.5) is 0 Å². The fraction of sp³-hybridized carbons (Fsp3) is 0.558. The third-order valence-electron chi connectivity index (χ3n) is 15.0. The van der Waals surface area contributed by atoms with Gasteiger partial charge in [0.05, 0.1) is 27.7 Å². The second kappa shape index (κ2) is 73.6. The van der Waals surface area contributed by atoms with Crippen LogP contribution in [0, 0.1) is 0 Å². The van der Waals surface area contributed by atoms with Crippen molar-refractivity contribution in [3.05, 3.63) is 219 Å². The fourth-order valence-electron chi connectivity index (χ4n) is 9.35. The standard InChI is InChI=1S/C86H136NO8P/c1-6-8-10-12-14-16-18-20-22-24-26-28-30-32-34-36-38-39-40-41-42-43-44-45-46-47-49-51-53-55-57-59-61-63-65-67-69-71-73-75-77-79-86(89)95-84(83-94-96(90,91)93-81-80-87(3,4)5)82-92-85(88)78-76-74-72-70-68-66-64-62-60-58-56-54-52-50-48-37-35-33-31-29-27-25-23-21-19-17-15-13-11-9-7-2/h8-11,14-17,20-23,26-29,32-35,38-39,41-42,44-45,47-50,53,55,59,61,65,67,84H,6-7,12-13,18-19,24-25,30-31,36-37,40,43,46,51-52,54,56-58,60,62-64,66,68-83H2,1-5H3/p+1/b10-8-,11-9-,16-14-,17-15-,22-20-,23-21-,28-26-,29-27-,34-32-,35-33-,39-38-,42-41-,45-44-,49-47-,50-48-,55-53-,61-59-,67-65-. The van der Waals surface area contributed by atoms with E-state index in [9.17, 15) is 19.0 Å². The van der Waals surface area contributed by atoms with Gasteiger partial charge in [0.1, 0.15) is 19.8 Å². The molecule has 0 spiro atoms. The third kappa shape index (κ3) is 77.3. The van der Waals surface area contributed by atoms with E-state index in [0.717, 1.165) is 167 Å². The van der Waals surface area contributed by atoms with Crippen LogP contribution < -0.4 is 0 Å². The lowest BCUT2D eigenvalue weighted by atomic mass is 10.0. The fourth-order valence-corrected chi connectivity index (χ4v) is 10.1. The van der Waals surface area contributed by atoms with Crippen LogP contribution in [-0.2, 0) is 32.7 Å². The summed E-state index contributed by atoms with van der Waals surface area (Å²) in [7, 11) is 1.43. The topological polar surface area (TPSA) is 108 Å². The molecule has 10 heteroatoms. The number of rotatable bonds is 66. The molecule has 0 rings (SSSR count). The first kappa shape index (κ1) is 90.3. The molecule has 0 aromatic rings. The van der Waals surface area contributed by atoms with Crippen molar-refractivity contribution in [3.8, 4) is 0 Å². The summed E-state index contributed by atoms with van der Waals surface area (Å²) in [6.45, 7) is 4.15. The number of phosphoric acid groups is 1. The molecule has 0 heterocycles. The Hall–Kier alpha value is -5.67. The molecule has 0 aromatic heterocycles. The zero-order valence-electron chi connectivity index (χ0n) is 61.3. The summed E-state index contributed by atoms with van der Waals surface area (Å²) in [5.41, 5.74) is 0. The number of quaternary nitrogens is 1. The Balaban J connectivity index is 4.18. The van der Waals surface area contributed by atoms with Crippen LogP contribution in [0.5, 0.6) is 0 Å². The van der Waals surface area contributed by atoms with Crippen molar-refractivity contribution < 1.29 is 42.1 Å². The Morgan fingerprint density at radius 2 is 0.562 bits per heavy atom. The summed E-state index contributed by atoms with van der Waals surface area (Å²) >= 11 is 0. The van der Waals surface area contributed by atoms with Crippen molar-refractivity contribution in [2.45, 2.75) is 264 Å².